The highest BCUT2D eigenvalue weighted by atomic mass is 79.9. The van der Waals surface area contributed by atoms with Crippen molar-refractivity contribution in [3.63, 3.8) is 0 Å². The maximum atomic E-state index is 10.9. The molecular formula is C9H15BrO2. The van der Waals surface area contributed by atoms with Gasteiger partial charge in [0.25, 0.3) is 0 Å². The molecule has 0 radical (unpaired) electrons. The van der Waals surface area contributed by atoms with E-state index >= 15 is 0 Å². The molecule has 0 fully saturated rings. The number of rotatable bonds is 5. The Hall–Kier alpha value is -0.310. The minimum atomic E-state index is -0.263. The smallest absolute Gasteiger partial charge is 0.331 e. The summed E-state index contributed by atoms with van der Waals surface area (Å²) < 4.78 is 5.67. The molecule has 0 N–H and O–H groups in total. The number of allylic oxidation sites excluding steroid dienone is 1. The number of hydrogen-bond donors (Lipinski definition) is 0. The van der Waals surface area contributed by atoms with Crippen LogP contribution >= 0.6 is 15.9 Å². The van der Waals surface area contributed by atoms with Crippen molar-refractivity contribution < 1.29 is 9.53 Å². The highest BCUT2D eigenvalue weighted by Crippen LogP contribution is 2.13. The zero-order valence-corrected chi connectivity index (χ0v) is 9.19. The van der Waals surface area contributed by atoms with E-state index in [9.17, 15) is 4.79 Å². The summed E-state index contributed by atoms with van der Waals surface area (Å²) in [5.41, 5.74) is 0. The first-order valence-corrected chi connectivity index (χ1v) is 5.02. The lowest BCUT2D eigenvalue weighted by atomic mass is 10.2. The summed E-state index contributed by atoms with van der Waals surface area (Å²) in [4.78, 5) is 10.9. The van der Waals surface area contributed by atoms with Gasteiger partial charge in [0.15, 0.2) is 0 Å². The molecule has 0 unspecified atom stereocenters. The van der Waals surface area contributed by atoms with Crippen molar-refractivity contribution in [2.45, 2.75) is 33.1 Å². The van der Waals surface area contributed by atoms with Gasteiger partial charge in [-0.2, -0.15) is 0 Å². The fourth-order valence-electron chi connectivity index (χ4n) is 0.730. The van der Waals surface area contributed by atoms with E-state index in [2.05, 4.69) is 22.9 Å². The van der Waals surface area contributed by atoms with Crippen LogP contribution in [0.25, 0.3) is 0 Å². The van der Waals surface area contributed by atoms with Crippen LogP contribution in [0.5, 0.6) is 0 Å². The summed E-state index contributed by atoms with van der Waals surface area (Å²) in [6, 6.07) is 0. The van der Waals surface area contributed by atoms with Gasteiger partial charge >= 0.3 is 5.97 Å². The summed E-state index contributed by atoms with van der Waals surface area (Å²) >= 11 is 3.31. The molecule has 0 aromatic heterocycles. The Morgan fingerprint density at radius 2 is 2.17 bits per heavy atom. The molecule has 0 spiro atoms. The Balaban J connectivity index is 3.72. The first-order valence-electron chi connectivity index (χ1n) is 4.23. The molecule has 2 nitrogen and oxygen atoms in total. The lowest BCUT2D eigenvalue weighted by Gasteiger charge is -1.98. The van der Waals surface area contributed by atoms with E-state index in [1.54, 1.807) is 6.92 Å². The zero-order chi connectivity index (χ0) is 9.40. The van der Waals surface area contributed by atoms with Crippen LogP contribution in [-0.2, 0) is 9.53 Å². The Morgan fingerprint density at radius 3 is 2.67 bits per heavy atom. The van der Waals surface area contributed by atoms with Crippen LogP contribution in [0.3, 0.4) is 0 Å². The van der Waals surface area contributed by atoms with Gasteiger partial charge in [0.1, 0.15) is 0 Å². The third kappa shape index (κ3) is 6.40. The zero-order valence-electron chi connectivity index (χ0n) is 7.60. The number of ether oxygens (including phenoxy) is 1. The number of hydrogen-bond acceptors (Lipinski definition) is 2. The normalized spacial score (nSPS) is 11.4. The van der Waals surface area contributed by atoms with Gasteiger partial charge < -0.3 is 4.74 Å². The third-order valence-electron chi connectivity index (χ3n) is 1.33. The van der Waals surface area contributed by atoms with Crippen LogP contribution in [0.1, 0.15) is 33.1 Å². The highest BCUT2D eigenvalue weighted by molar-refractivity contribution is 9.11. The molecule has 0 aliphatic rings. The van der Waals surface area contributed by atoms with Gasteiger partial charge in [-0.3, -0.25) is 0 Å². The number of esters is 1. The Kier molecular flexibility index (Phi) is 7.16. The molecule has 0 aromatic rings. The fourth-order valence-corrected chi connectivity index (χ4v) is 1.20. The van der Waals surface area contributed by atoms with Crippen molar-refractivity contribution in [1.82, 2.24) is 0 Å². The first kappa shape index (κ1) is 11.7. The van der Waals surface area contributed by atoms with Crippen molar-refractivity contribution in [2.75, 3.05) is 6.61 Å². The molecule has 0 heterocycles. The number of unbranched alkanes of at least 4 members (excludes halogenated alkanes) is 1. The number of carbonyl (C=O) groups excluding carboxylic acids is 1. The van der Waals surface area contributed by atoms with Crippen molar-refractivity contribution in [3.8, 4) is 0 Å². The van der Waals surface area contributed by atoms with E-state index < -0.39 is 0 Å². The molecular weight excluding hydrogens is 220 g/mol. The minimum absolute atomic E-state index is 0.263. The number of carbonyl (C=O) groups is 1. The predicted molar refractivity (Wildman–Crippen MR) is 53.2 cm³/mol. The lowest BCUT2D eigenvalue weighted by molar-refractivity contribution is -0.137. The topological polar surface area (TPSA) is 26.3 Å². The van der Waals surface area contributed by atoms with Crippen molar-refractivity contribution in [3.05, 3.63) is 10.6 Å². The SMILES string of the molecule is CCCC/C(Br)=C/C(=O)OCC. The monoisotopic (exact) mass is 234 g/mol. The van der Waals surface area contributed by atoms with Gasteiger partial charge in [-0.05, 0) is 19.8 Å². The average molecular weight is 235 g/mol. The van der Waals surface area contributed by atoms with Crippen molar-refractivity contribution in [1.29, 1.82) is 0 Å². The Morgan fingerprint density at radius 1 is 1.50 bits per heavy atom. The second kappa shape index (κ2) is 7.35. The molecule has 70 valence electrons. The minimum Gasteiger partial charge on any atom is -0.463 e. The molecule has 0 aliphatic carbocycles. The van der Waals surface area contributed by atoms with E-state index in [0.29, 0.717) is 6.61 Å². The van der Waals surface area contributed by atoms with Gasteiger partial charge in [0, 0.05) is 10.6 Å². The molecule has 0 atom stereocenters. The van der Waals surface area contributed by atoms with Gasteiger partial charge in [-0.15, -0.1) is 0 Å². The van der Waals surface area contributed by atoms with Crippen LogP contribution in [0.15, 0.2) is 10.6 Å². The molecule has 0 saturated heterocycles. The van der Waals surface area contributed by atoms with E-state index in [-0.39, 0.29) is 5.97 Å². The summed E-state index contributed by atoms with van der Waals surface area (Å²) in [6.07, 6.45) is 4.64. The van der Waals surface area contributed by atoms with Gasteiger partial charge in [-0.25, -0.2) is 4.79 Å². The largest absolute Gasteiger partial charge is 0.463 e. The second-order valence-electron chi connectivity index (χ2n) is 2.45. The lowest BCUT2D eigenvalue weighted by Crippen LogP contribution is -1.99. The summed E-state index contributed by atoms with van der Waals surface area (Å²) in [7, 11) is 0. The van der Waals surface area contributed by atoms with Crippen LogP contribution in [0.2, 0.25) is 0 Å². The van der Waals surface area contributed by atoms with Crippen molar-refractivity contribution in [2.24, 2.45) is 0 Å². The first-order chi connectivity index (χ1) is 5.70. The molecule has 12 heavy (non-hydrogen) atoms. The molecule has 0 bridgehead atoms. The quantitative estimate of drug-likeness (QED) is 0.540. The number of halogens is 1. The van der Waals surface area contributed by atoms with Gasteiger partial charge in [0.05, 0.1) is 6.61 Å². The molecule has 0 amide bonds. The van der Waals surface area contributed by atoms with E-state index in [0.717, 1.165) is 23.7 Å². The van der Waals surface area contributed by atoms with E-state index in [1.165, 1.54) is 6.08 Å². The molecule has 3 heteroatoms. The standard InChI is InChI=1S/C9H15BrO2/c1-3-5-6-8(10)7-9(11)12-4-2/h7H,3-6H2,1-2H3/b8-7-. The third-order valence-corrected chi connectivity index (χ3v) is 1.96. The Labute approximate surface area is 82.1 Å². The molecule has 0 saturated carbocycles. The van der Waals surface area contributed by atoms with Crippen LogP contribution in [0, 0.1) is 0 Å². The predicted octanol–water partition coefficient (Wildman–Crippen LogP) is 3.02. The second-order valence-corrected chi connectivity index (χ2v) is 3.47. The highest BCUT2D eigenvalue weighted by Gasteiger charge is 1.98. The molecule has 0 rings (SSSR count). The van der Waals surface area contributed by atoms with Crippen molar-refractivity contribution >= 4 is 21.9 Å². The van der Waals surface area contributed by atoms with Crippen LogP contribution in [-0.4, -0.2) is 12.6 Å². The Bertz CT molecular complexity index is 164. The van der Waals surface area contributed by atoms with E-state index in [1.807, 2.05) is 0 Å². The van der Waals surface area contributed by atoms with Gasteiger partial charge in [0.2, 0.25) is 0 Å². The maximum absolute atomic E-state index is 10.9. The summed E-state index contributed by atoms with van der Waals surface area (Å²) in [5, 5.41) is 0. The van der Waals surface area contributed by atoms with Crippen LogP contribution in [0.4, 0.5) is 0 Å². The molecule has 0 aromatic carbocycles. The van der Waals surface area contributed by atoms with Gasteiger partial charge in [-0.1, -0.05) is 29.3 Å². The van der Waals surface area contributed by atoms with Crippen LogP contribution < -0.4 is 0 Å². The summed E-state index contributed by atoms with van der Waals surface area (Å²) in [6.45, 7) is 4.35. The maximum Gasteiger partial charge on any atom is 0.331 e. The molecule has 0 aliphatic heterocycles. The average Bonchev–Trinajstić information content (AvgIpc) is 2.01. The summed E-state index contributed by atoms with van der Waals surface area (Å²) in [5.74, 6) is -0.263. The fraction of sp³-hybridized carbons (Fsp3) is 0.667. The van der Waals surface area contributed by atoms with E-state index in [4.69, 9.17) is 4.74 Å².